The van der Waals surface area contributed by atoms with Gasteiger partial charge in [-0.1, -0.05) is 26.7 Å². The van der Waals surface area contributed by atoms with Gasteiger partial charge in [-0.25, -0.2) is 0 Å². The maximum Gasteiger partial charge on any atom is 0.00644 e. The van der Waals surface area contributed by atoms with Gasteiger partial charge in [0.05, 0.1) is 0 Å². The van der Waals surface area contributed by atoms with Crippen molar-refractivity contribution < 1.29 is 0 Å². The second kappa shape index (κ2) is 6.61. The van der Waals surface area contributed by atoms with Gasteiger partial charge in [-0.2, -0.15) is 0 Å². The lowest BCUT2D eigenvalue weighted by molar-refractivity contribution is 0.120. The highest BCUT2D eigenvalue weighted by Gasteiger charge is 2.35. The average Bonchev–Trinajstić information content (AvgIpc) is 2.74. The van der Waals surface area contributed by atoms with Gasteiger partial charge in [0.15, 0.2) is 0 Å². The van der Waals surface area contributed by atoms with Crippen molar-refractivity contribution in [3.8, 4) is 0 Å². The van der Waals surface area contributed by atoms with E-state index in [1.807, 2.05) is 0 Å². The molecule has 2 heteroatoms. The Bertz CT molecular complexity index is 185. The van der Waals surface area contributed by atoms with Crippen LogP contribution in [0.2, 0.25) is 0 Å². The van der Waals surface area contributed by atoms with Crippen LogP contribution in [0.5, 0.6) is 0 Å². The molecular weight excluding hydrogens is 196 g/mol. The van der Waals surface area contributed by atoms with Crippen LogP contribution in [0.15, 0.2) is 0 Å². The summed E-state index contributed by atoms with van der Waals surface area (Å²) in [4.78, 5) is 2.67. The smallest absolute Gasteiger partial charge is 0.00644 e. The zero-order valence-electron chi connectivity index (χ0n) is 11.7. The van der Waals surface area contributed by atoms with Crippen LogP contribution in [-0.4, -0.2) is 37.6 Å². The summed E-state index contributed by atoms with van der Waals surface area (Å²) in [7, 11) is 2.10. The molecule has 1 atom stereocenters. The normalized spacial score (nSPS) is 21.6. The molecule has 1 fully saturated rings. The van der Waals surface area contributed by atoms with E-state index >= 15 is 0 Å². The van der Waals surface area contributed by atoms with Crippen molar-refractivity contribution in [1.82, 2.24) is 10.2 Å². The minimum absolute atomic E-state index is 0.564. The molecule has 16 heavy (non-hydrogen) atoms. The van der Waals surface area contributed by atoms with Gasteiger partial charge in [-0.05, 0) is 45.2 Å². The SMILES string of the molecule is CCC(C)N(CC)CC1(CNC)CCCC1. The molecule has 2 nitrogen and oxygen atoms in total. The van der Waals surface area contributed by atoms with Gasteiger partial charge < -0.3 is 10.2 Å². The number of rotatable bonds is 7. The van der Waals surface area contributed by atoms with Crippen LogP contribution in [0, 0.1) is 5.41 Å². The summed E-state index contributed by atoms with van der Waals surface area (Å²) in [5.74, 6) is 0. The minimum atomic E-state index is 0.564. The molecule has 0 aromatic carbocycles. The predicted octanol–water partition coefficient (Wildman–Crippen LogP) is 2.89. The largest absolute Gasteiger partial charge is 0.319 e. The van der Waals surface area contributed by atoms with Crippen LogP contribution < -0.4 is 5.32 Å². The Balaban J connectivity index is 2.58. The van der Waals surface area contributed by atoms with Crippen molar-refractivity contribution in [2.75, 3.05) is 26.7 Å². The molecule has 1 aliphatic carbocycles. The fourth-order valence-corrected chi connectivity index (χ4v) is 3.16. The maximum absolute atomic E-state index is 3.41. The summed E-state index contributed by atoms with van der Waals surface area (Å²) in [6.07, 6.45) is 6.96. The first-order valence-electron chi connectivity index (χ1n) is 7.06. The molecule has 0 spiro atoms. The van der Waals surface area contributed by atoms with E-state index in [9.17, 15) is 0 Å². The fourth-order valence-electron chi connectivity index (χ4n) is 3.16. The molecule has 0 saturated heterocycles. The Morgan fingerprint density at radius 3 is 2.31 bits per heavy atom. The summed E-state index contributed by atoms with van der Waals surface area (Å²) in [6.45, 7) is 10.6. The molecule has 0 aliphatic heterocycles. The summed E-state index contributed by atoms with van der Waals surface area (Å²) >= 11 is 0. The highest BCUT2D eigenvalue weighted by atomic mass is 15.2. The Morgan fingerprint density at radius 1 is 1.25 bits per heavy atom. The zero-order valence-corrected chi connectivity index (χ0v) is 11.7. The van der Waals surface area contributed by atoms with Crippen molar-refractivity contribution >= 4 is 0 Å². The topological polar surface area (TPSA) is 15.3 Å². The maximum atomic E-state index is 3.41. The van der Waals surface area contributed by atoms with Gasteiger partial charge >= 0.3 is 0 Å². The molecule has 0 radical (unpaired) electrons. The summed E-state index contributed by atoms with van der Waals surface area (Å²) in [6, 6.07) is 0.735. The third kappa shape index (κ3) is 3.46. The van der Waals surface area contributed by atoms with Gasteiger partial charge in [0.2, 0.25) is 0 Å². The number of hydrogen-bond acceptors (Lipinski definition) is 2. The molecule has 0 amide bonds. The first kappa shape index (κ1) is 14.0. The fraction of sp³-hybridized carbons (Fsp3) is 1.00. The highest BCUT2D eigenvalue weighted by molar-refractivity contribution is 4.89. The van der Waals surface area contributed by atoms with Gasteiger partial charge in [-0.15, -0.1) is 0 Å². The molecule has 1 unspecified atom stereocenters. The molecule has 0 aromatic heterocycles. The van der Waals surface area contributed by atoms with Crippen molar-refractivity contribution in [2.45, 2.75) is 58.9 Å². The Labute approximate surface area is 102 Å². The quantitative estimate of drug-likeness (QED) is 0.718. The molecule has 0 bridgehead atoms. The van der Waals surface area contributed by atoms with Crippen LogP contribution in [-0.2, 0) is 0 Å². The molecule has 1 aliphatic rings. The van der Waals surface area contributed by atoms with Gasteiger partial charge in [0.1, 0.15) is 0 Å². The minimum Gasteiger partial charge on any atom is -0.319 e. The van der Waals surface area contributed by atoms with E-state index in [1.54, 1.807) is 0 Å². The van der Waals surface area contributed by atoms with E-state index in [0.717, 1.165) is 6.04 Å². The standard InChI is InChI=1S/C14H30N2/c1-5-13(3)16(6-2)12-14(11-15-4)9-7-8-10-14/h13,15H,5-12H2,1-4H3. The second-order valence-electron chi connectivity index (χ2n) is 5.56. The van der Waals surface area contributed by atoms with E-state index in [-0.39, 0.29) is 0 Å². The molecule has 1 N–H and O–H groups in total. The lowest BCUT2D eigenvalue weighted by Crippen LogP contribution is -2.45. The van der Waals surface area contributed by atoms with E-state index in [0.29, 0.717) is 5.41 Å². The number of nitrogens with one attached hydrogen (secondary N) is 1. The van der Waals surface area contributed by atoms with E-state index in [2.05, 4.69) is 38.0 Å². The molecule has 1 rings (SSSR count). The predicted molar refractivity (Wildman–Crippen MR) is 71.8 cm³/mol. The van der Waals surface area contributed by atoms with Crippen LogP contribution in [0.25, 0.3) is 0 Å². The lowest BCUT2D eigenvalue weighted by atomic mass is 9.85. The summed E-state index contributed by atoms with van der Waals surface area (Å²) < 4.78 is 0. The Morgan fingerprint density at radius 2 is 1.88 bits per heavy atom. The van der Waals surface area contributed by atoms with Crippen molar-refractivity contribution in [1.29, 1.82) is 0 Å². The molecule has 0 heterocycles. The lowest BCUT2D eigenvalue weighted by Gasteiger charge is -2.37. The second-order valence-corrected chi connectivity index (χ2v) is 5.56. The van der Waals surface area contributed by atoms with Gasteiger partial charge in [0, 0.05) is 19.1 Å². The number of hydrogen-bond donors (Lipinski definition) is 1. The third-order valence-electron chi connectivity index (χ3n) is 4.37. The van der Waals surface area contributed by atoms with Crippen LogP contribution in [0.3, 0.4) is 0 Å². The highest BCUT2D eigenvalue weighted by Crippen LogP contribution is 2.38. The molecule has 1 saturated carbocycles. The van der Waals surface area contributed by atoms with Crippen LogP contribution in [0.4, 0.5) is 0 Å². The molecule has 0 aromatic rings. The summed E-state index contributed by atoms with van der Waals surface area (Å²) in [5, 5.41) is 3.41. The van der Waals surface area contributed by atoms with E-state index in [4.69, 9.17) is 0 Å². The van der Waals surface area contributed by atoms with Crippen molar-refractivity contribution in [2.24, 2.45) is 5.41 Å². The first-order valence-corrected chi connectivity index (χ1v) is 7.06. The first-order chi connectivity index (χ1) is 7.67. The molecule has 96 valence electrons. The Hall–Kier alpha value is -0.0800. The molecular formula is C14H30N2. The van der Waals surface area contributed by atoms with Gasteiger partial charge in [-0.3, -0.25) is 0 Å². The van der Waals surface area contributed by atoms with Crippen molar-refractivity contribution in [3.63, 3.8) is 0 Å². The van der Waals surface area contributed by atoms with E-state index < -0.39 is 0 Å². The number of nitrogens with zero attached hydrogens (tertiary/aromatic N) is 1. The van der Waals surface area contributed by atoms with Crippen molar-refractivity contribution in [3.05, 3.63) is 0 Å². The monoisotopic (exact) mass is 226 g/mol. The van der Waals surface area contributed by atoms with Crippen LogP contribution >= 0.6 is 0 Å². The van der Waals surface area contributed by atoms with Crippen LogP contribution in [0.1, 0.15) is 52.9 Å². The Kier molecular flexibility index (Phi) is 5.77. The zero-order chi connectivity index (χ0) is 12.0. The van der Waals surface area contributed by atoms with Gasteiger partial charge in [0.25, 0.3) is 0 Å². The van der Waals surface area contributed by atoms with E-state index in [1.165, 1.54) is 51.7 Å². The third-order valence-corrected chi connectivity index (χ3v) is 4.37. The summed E-state index contributed by atoms with van der Waals surface area (Å²) in [5.41, 5.74) is 0.564. The average molecular weight is 226 g/mol.